The highest BCUT2D eigenvalue weighted by molar-refractivity contribution is 5.95. The molecule has 0 aliphatic carbocycles. The van der Waals surface area contributed by atoms with Crippen LogP contribution in [0.25, 0.3) is 11.3 Å². The van der Waals surface area contributed by atoms with E-state index in [1.807, 2.05) is 42.3 Å². The topological polar surface area (TPSA) is 68.0 Å². The van der Waals surface area contributed by atoms with Gasteiger partial charge in [0.05, 0.1) is 12.1 Å². The summed E-state index contributed by atoms with van der Waals surface area (Å²) in [5.41, 5.74) is 3.17. The summed E-state index contributed by atoms with van der Waals surface area (Å²) >= 11 is 0. The zero-order chi connectivity index (χ0) is 23.5. The van der Waals surface area contributed by atoms with Crippen LogP contribution in [0.15, 0.2) is 53.1 Å². The number of nitrogens with zero attached hydrogens (tertiary/aromatic N) is 3. The third-order valence-corrected chi connectivity index (χ3v) is 6.24. The zero-order valence-electron chi connectivity index (χ0n) is 19.9. The molecule has 1 atom stereocenters. The fraction of sp³-hybridized carbons (Fsp3) is 0.385. The molecule has 1 unspecified atom stereocenters. The Labute approximate surface area is 194 Å². The van der Waals surface area contributed by atoms with Crippen LogP contribution in [0.4, 0.5) is 5.88 Å². The van der Waals surface area contributed by atoms with E-state index >= 15 is 0 Å². The number of ether oxygens (including phenoxy) is 2. The van der Waals surface area contributed by atoms with E-state index in [4.69, 9.17) is 14.0 Å². The molecule has 1 aromatic heterocycles. The summed E-state index contributed by atoms with van der Waals surface area (Å²) in [5, 5.41) is 4.42. The molecular weight excluding hydrogens is 418 g/mol. The smallest absolute Gasteiger partial charge is 0.254 e. The maximum absolute atomic E-state index is 13.7. The van der Waals surface area contributed by atoms with Crippen molar-refractivity contribution < 1.29 is 18.8 Å². The second-order valence-corrected chi connectivity index (χ2v) is 8.64. The standard InChI is InChI=1S/C26H31N3O4/c1-6-18(4)29(25(30)20-12-13-22-23(14-20)32-16-31-22)15-21-24(19-10-8-7-9-11-19)27-33-26(21)28(5)17(2)3/h7-14,17-18H,6,15-16H2,1-5H3. The van der Waals surface area contributed by atoms with E-state index in [9.17, 15) is 4.79 Å². The van der Waals surface area contributed by atoms with Crippen molar-refractivity contribution in [1.29, 1.82) is 0 Å². The van der Waals surface area contributed by atoms with Crippen molar-refractivity contribution in [3.8, 4) is 22.8 Å². The molecular formula is C26H31N3O4. The first-order chi connectivity index (χ1) is 15.9. The molecule has 1 aliphatic heterocycles. The van der Waals surface area contributed by atoms with Crippen LogP contribution in [0.2, 0.25) is 0 Å². The molecule has 0 saturated heterocycles. The summed E-state index contributed by atoms with van der Waals surface area (Å²) in [7, 11) is 1.98. The van der Waals surface area contributed by atoms with Gasteiger partial charge in [-0.3, -0.25) is 4.79 Å². The molecule has 0 radical (unpaired) electrons. The maximum Gasteiger partial charge on any atom is 0.254 e. The van der Waals surface area contributed by atoms with Gasteiger partial charge in [0, 0.05) is 30.3 Å². The van der Waals surface area contributed by atoms with Gasteiger partial charge in [0.25, 0.3) is 5.91 Å². The van der Waals surface area contributed by atoms with Crippen molar-refractivity contribution in [3.63, 3.8) is 0 Å². The first-order valence-electron chi connectivity index (χ1n) is 11.4. The lowest BCUT2D eigenvalue weighted by atomic mass is 10.0. The summed E-state index contributed by atoms with van der Waals surface area (Å²) in [4.78, 5) is 17.6. The molecule has 4 rings (SSSR count). The lowest BCUT2D eigenvalue weighted by molar-refractivity contribution is 0.0671. The Bertz CT molecular complexity index is 1110. The molecule has 0 N–H and O–H groups in total. The maximum atomic E-state index is 13.7. The molecule has 2 aromatic carbocycles. The Kier molecular flexibility index (Phi) is 6.58. The van der Waals surface area contributed by atoms with E-state index in [0.717, 1.165) is 23.2 Å². The minimum atomic E-state index is -0.0685. The van der Waals surface area contributed by atoms with E-state index in [1.54, 1.807) is 18.2 Å². The van der Waals surface area contributed by atoms with Crippen LogP contribution in [-0.4, -0.2) is 41.9 Å². The number of aromatic nitrogens is 1. The molecule has 0 saturated carbocycles. The molecule has 0 bridgehead atoms. The largest absolute Gasteiger partial charge is 0.454 e. The van der Waals surface area contributed by atoms with E-state index in [0.29, 0.717) is 29.5 Å². The molecule has 7 heteroatoms. The molecule has 3 aromatic rings. The lowest BCUT2D eigenvalue weighted by Gasteiger charge is -2.30. The van der Waals surface area contributed by atoms with E-state index in [2.05, 4.69) is 37.8 Å². The van der Waals surface area contributed by atoms with E-state index < -0.39 is 0 Å². The van der Waals surface area contributed by atoms with Crippen LogP contribution < -0.4 is 14.4 Å². The van der Waals surface area contributed by atoms with Crippen molar-refractivity contribution >= 4 is 11.8 Å². The first kappa shape index (κ1) is 22.7. The van der Waals surface area contributed by atoms with Crippen molar-refractivity contribution in [2.45, 2.75) is 52.7 Å². The van der Waals surface area contributed by atoms with Crippen molar-refractivity contribution in [1.82, 2.24) is 10.1 Å². The molecule has 1 aliphatic rings. The SMILES string of the molecule is CCC(C)N(Cc1c(-c2ccccc2)noc1N(C)C(C)C)C(=O)c1ccc2c(c1)OCO2. The number of hydrogen-bond acceptors (Lipinski definition) is 6. The predicted molar refractivity (Wildman–Crippen MR) is 128 cm³/mol. The number of hydrogen-bond donors (Lipinski definition) is 0. The van der Waals surface area contributed by atoms with Gasteiger partial charge in [-0.25, -0.2) is 0 Å². The monoisotopic (exact) mass is 449 g/mol. The average Bonchev–Trinajstić information content (AvgIpc) is 3.48. The third kappa shape index (κ3) is 4.53. The quantitative estimate of drug-likeness (QED) is 0.461. The minimum absolute atomic E-state index is 0.0126. The molecule has 0 fully saturated rings. The van der Waals surface area contributed by atoms with Crippen LogP contribution in [0.5, 0.6) is 11.5 Å². The van der Waals surface area contributed by atoms with Crippen LogP contribution in [-0.2, 0) is 6.54 Å². The number of amides is 1. The number of anilines is 1. The third-order valence-electron chi connectivity index (χ3n) is 6.24. The highest BCUT2D eigenvalue weighted by atomic mass is 16.7. The highest BCUT2D eigenvalue weighted by Crippen LogP contribution is 2.35. The van der Waals surface area contributed by atoms with Gasteiger partial charge in [0.15, 0.2) is 11.5 Å². The fourth-order valence-corrected chi connectivity index (χ4v) is 3.79. The summed E-state index contributed by atoms with van der Waals surface area (Å²) in [6, 6.07) is 15.5. The van der Waals surface area contributed by atoms with Gasteiger partial charge in [-0.15, -0.1) is 0 Å². The predicted octanol–water partition coefficient (Wildman–Crippen LogP) is 5.36. The Morgan fingerprint density at radius 2 is 1.79 bits per heavy atom. The van der Waals surface area contributed by atoms with Crippen molar-refractivity contribution in [2.75, 3.05) is 18.7 Å². The fourth-order valence-electron chi connectivity index (χ4n) is 3.79. The molecule has 33 heavy (non-hydrogen) atoms. The van der Waals surface area contributed by atoms with Gasteiger partial charge in [0.2, 0.25) is 12.7 Å². The summed E-state index contributed by atoms with van der Waals surface area (Å²) in [6.07, 6.45) is 0.817. The molecule has 174 valence electrons. The van der Waals surface area contributed by atoms with Crippen LogP contribution in [0, 0.1) is 0 Å². The van der Waals surface area contributed by atoms with Crippen LogP contribution in [0.3, 0.4) is 0 Å². The number of benzene rings is 2. The minimum Gasteiger partial charge on any atom is -0.454 e. The number of carbonyl (C=O) groups is 1. The Morgan fingerprint density at radius 3 is 2.48 bits per heavy atom. The van der Waals surface area contributed by atoms with Gasteiger partial charge in [-0.05, 0) is 45.4 Å². The Hall–Kier alpha value is -3.48. The summed E-state index contributed by atoms with van der Waals surface area (Å²) in [6.45, 7) is 8.89. The average molecular weight is 450 g/mol. The van der Waals surface area contributed by atoms with Crippen LogP contribution >= 0.6 is 0 Å². The van der Waals surface area contributed by atoms with Crippen LogP contribution in [0.1, 0.15) is 50.0 Å². The number of rotatable bonds is 8. The zero-order valence-corrected chi connectivity index (χ0v) is 19.9. The molecule has 0 spiro atoms. The van der Waals surface area contributed by atoms with Gasteiger partial charge in [-0.1, -0.05) is 42.4 Å². The normalized spacial score (nSPS) is 13.3. The highest BCUT2D eigenvalue weighted by Gasteiger charge is 2.29. The second-order valence-electron chi connectivity index (χ2n) is 8.64. The van der Waals surface area contributed by atoms with Gasteiger partial charge in [-0.2, -0.15) is 0 Å². The van der Waals surface area contributed by atoms with Gasteiger partial charge >= 0.3 is 0 Å². The summed E-state index contributed by atoms with van der Waals surface area (Å²) in [5.74, 6) is 1.87. The second kappa shape index (κ2) is 9.57. The van der Waals surface area contributed by atoms with Crippen molar-refractivity contribution in [3.05, 3.63) is 59.7 Å². The molecule has 7 nitrogen and oxygen atoms in total. The van der Waals surface area contributed by atoms with Gasteiger partial charge in [0.1, 0.15) is 5.69 Å². The lowest BCUT2D eigenvalue weighted by Crippen LogP contribution is -2.38. The first-order valence-corrected chi connectivity index (χ1v) is 11.4. The van der Waals surface area contributed by atoms with Gasteiger partial charge < -0.3 is 23.8 Å². The summed E-state index contributed by atoms with van der Waals surface area (Å²) < 4.78 is 16.7. The van der Waals surface area contributed by atoms with E-state index in [-0.39, 0.29) is 24.8 Å². The number of fused-ring (bicyclic) bond motifs is 1. The number of carbonyl (C=O) groups excluding carboxylic acids is 1. The molecule has 2 heterocycles. The van der Waals surface area contributed by atoms with Crippen molar-refractivity contribution in [2.24, 2.45) is 0 Å². The Morgan fingerprint density at radius 1 is 1.06 bits per heavy atom. The van der Waals surface area contributed by atoms with E-state index in [1.165, 1.54) is 0 Å². The molecule has 1 amide bonds. The Balaban J connectivity index is 1.74.